The third-order valence-electron chi connectivity index (χ3n) is 2.42. The van der Waals surface area contributed by atoms with Crippen LogP contribution in [0.2, 0.25) is 0 Å². The molecule has 1 aromatic carbocycles. The van der Waals surface area contributed by atoms with E-state index in [1.165, 1.54) is 0 Å². The molecule has 0 unspecified atom stereocenters. The second-order valence-corrected chi connectivity index (χ2v) is 3.95. The van der Waals surface area contributed by atoms with Crippen LogP contribution in [0.5, 0.6) is 5.75 Å². The number of pyridine rings is 1. The van der Waals surface area contributed by atoms with E-state index in [4.69, 9.17) is 9.84 Å². The molecule has 0 saturated carbocycles. The number of nitrogens with zero attached hydrogens (tertiary/aromatic N) is 1. The number of hydrogen-bond donors (Lipinski definition) is 1. The first-order chi connectivity index (χ1) is 8.66. The third kappa shape index (κ3) is 2.85. The number of para-hydroxylation sites is 1. The number of fused-ring (bicyclic) bond motifs is 1. The third-order valence-corrected chi connectivity index (χ3v) is 2.42. The van der Waals surface area contributed by atoms with Crippen LogP contribution in [0.25, 0.3) is 10.9 Å². The lowest BCUT2D eigenvalue weighted by Crippen LogP contribution is -2.02. The van der Waals surface area contributed by atoms with Crippen LogP contribution >= 0.6 is 0 Å². The van der Waals surface area contributed by atoms with Gasteiger partial charge in [0.05, 0.1) is 0 Å². The Labute approximate surface area is 105 Å². The summed E-state index contributed by atoms with van der Waals surface area (Å²) in [5.74, 6) is -0.307. The zero-order valence-electron chi connectivity index (χ0n) is 9.96. The summed E-state index contributed by atoms with van der Waals surface area (Å²) < 4.78 is 5.59. The van der Waals surface area contributed by atoms with Gasteiger partial charge in [0.1, 0.15) is 17.9 Å². The van der Waals surface area contributed by atoms with Crippen LogP contribution in [0, 0.1) is 0 Å². The van der Waals surface area contributed by atoms with Crippen molar-refractivity contribution < 1.29 is 14.6 Å². The van der Waals surface area contributed by atoms with Gasteiger partial charge in [-0.3, -0.25) is 4.98 Å². The van der Waals surface area contributed by atoms with Gasteiger partial charge in [0, 0.05) is 17.7 Å². The Balaban J connectivity index is 2.20. The second kappa shape index (κ2) is 5.31. The Hall–Kier alpha value is -2.36. The number of aromatic nitrogens is 1. The van der Waals surface area contributed by atoms with Crippen molar-refractivity contribution >= 4 is 16.9 Å². The molecule has 1 aromatic heterocycles. The minimum absolute atomic E-state index is 0.238. The minimum Gasteiger partial charge on any atom is -0.487 e. The number of aliphatic carboxylic acids is 1. The van der Waals surface area contributed by atoms with Crippen molar-refractivity contribution in [1.82, 2.24) is 4.98 Å². The van der Waals surface area contributed by atoms with E-state index in [1.54, 1.807) is 13.1 Å². The van der Waals surface area contributed by atoms with Gasteiger partial charge in [-0.05, 0) is 24.6 Å². The lowest BCUT2D eigenvalue weighted by Gasteiger charge is -2.08. The Bertz CT molecular complexity index is 600. The highest BCUT2D eigenvalue weighted by atomic mass is 16.5. The first-order valence-electron chi connectivity index (χ1n) is 5.53. The predicted octanol–water partition coefficient (Wildman–Crippen LogP) is 2.64. The van der Waals surface area contributed by atoms with E-state index >= 15 is 0 Å². The number of rotatable bonds is 4. The Morgan fingerprint density at radius 1 is 1.39 bits per heavy atom. The van der Waals surface area contributed by atoms with Crippen molar-refractivity contribution in [2.45, 2.75) is 6.92 Å². The Morgan fingerprint density at radius 2 is 2.17 bits per heavy atom. The number of carboxylic acid groups (broad SMARTS) is 1. The normalized spacial score (nSPS) is 11.5. The summed E-state index contributed by atoms with van der Waals surface area (Å²) in [6.07, 6.45) is 2.84. The van der Waals surface area contributed by atoms with E-state index in [2.05, 4.69) is 4.98 Å². The van der Waals surface area contributed by atoms with Gasteiger partial charge in [-0.1, -0.05) is 18.2 Å². The fourth-order valence-corrected chi connectivity index (χ4v) is 1.64. The number of benzene rings is 1. The summed E-state index contributed by atoms with van der Waals surface area (Å²) in [5, 5.41) is 9.60. The molecule has 0 radical (unpaired) electrons. The molecule has 0 fully saturated rings. The first-order valence-corrected chi connectivity index (χ1v) is 5.53. The first kappa shape index (κ1) is 12.1. The van der Waals surface area contributed by atoms with Gasteiger partial charge < -0.3 is 9.84 Å². The largest absolute Gasteiger partial charge is 0.487 e. The molecular formula is C14H13NO3. The van der Waals surface area contributed by atoms with Crippen LogP contribution in [-0.2, 0) is 4.79 Å². The average molecular weight is 243 g/mol. The smallest absolute Gasteiger partial charge is 0.328 e. The van der Waals surface area contributed by atoms with Gasteiger partial charge in [0.15, 0.2) is 0 Å². The highest BCUT2D eigenvalue weighted by molar-refractivity contribution is 5.84. The van der Waals surface area contributed by atoms with Crippen molar-refractivity contribution in [2.75, 3.05) is 6.61 Å². The molecule has 0 amide bonds. The molecule has 0 aliphatic heterocycles. The molecule has 0 saturated heterocycles. The van der Waals surface area contributed by atoms with E-state index in [9.17, 15) is 4.79 Å². The molecule has 92 valence electrons. The molecule has 0 bridgehead atoms. The lowest BCUT2D eigenvalue weighted by atomic mass is 10.2. The predicted molar refractivity (Wildman–Crippen MR) is 68.6 cm³/mol. The maximum absolute atomic E-state index is 10.5. The SMILES string of the molecule is CC(=CC(=O)O)COc1cccc2cccnc12. The highest BCUT2D eigenvalue weighted by Crippen LogP contribution is 2.23. The summed E-state index contributed by atoms with van der Waals surface area (Å²) in [6.45, 7) is 1.95. The Kier molecular flexibility index (Phi) is 3.57. The molecule has 4 heteroatoms. The maximum Gasteiger partial charge on any atom is 0.328 e. The van der Waals surface area contributed by atoms with Crippen molar-refractivity contribution in [3.05, 3.63) is 48.2 Å². The summed E-state index contributed by atoms with van der Waals surface area (Å²) >= 11 is 0. The van der Waals surface area contributed by atoms with Crippen molar-refractivity contribution in [3.63, 3.8) is 0 Å². The molecule has 2 rings (SSSR count). The molecule has 1 N–H and O–H groups in total. The minimum atomic E-state index is -0.966. The summed E-state index contributed by atoms with van der Waals surface area (Å²) in [4.78, 5) is 14.7. The quantitative estimate of drug-likeness (QED) is 0.838. The van der Waals surface area contributed by atoms with Crippen LogP contribution in [0.1, 0.15) is 6.92 Å². The van der Waals surface area contributed by atoms with E-state index in [1.807, 2.05) is 30.3 Å². The van der Waals surface area contributed by atoms with Gasteiger partial charge in [-0.25, -0.2) is 4.79 Å². The van der Waals surface area contributed by atoms with Crippen molar-refractivity contribution in [3.8, 4) is 5.75 Å². The molecule has 0 atom stereocenters. The monoisotopic (exact) mass is 243 g/mol. The molecule has 18 heavy (non-hydrogen) atoms. The van der Waals surface area contributed by atoms with E-state index in [0.717, 1.165) is 17.0 Å². The van der Waals surface area contributed by atoms with Gasteiger partial charge >= 0.3 is 5.97 Å². The average Bonchev–Trinajstić information content (AvgIpc) is 2.35. The van der Waals surface area contributed by atoms with Crippen LogP contribution < -0.4 is 4.74 Å². The van der Waals surface area contributed by atoms with E-state index in [-0.39, 0.29) is 6.61 Å². The maximum atomic E-state index is 10.5. The second-order valence-electron chi connectivity index (χ2n) is 3.95. The van der Waals surface area contributed by atoms with E-state index in [0.29, 0.717) is 11.3 Å². The number of hydrogen-bond acceptors (Lipinski definition) is 3. The molecule has 2 aromatic rings. The van der Waals surface area contributed by atoms with Crippen molar-refractivity contribution in [2.24, 2.45) is 0 Å². The van der Waals surface area contributed by atoms with Gasteiger partial charge in [-0.2, -0.15) is 0 Å². The summed E-state index contributed by atoms with van der Waals surface area (Å²) in [7, 11) is 0. The molecular weight excluding hydrogens is 230 g/mol. The summed E-state index contributed by atoms with van der Waals surface area (Å²) in [6, 6.07) is 9.48. The summed E-state index contributed by atoms with van der Waals surface area (Å²) in [5.41, 5.74) is 1.43. The van der Waals surface area contributed by atoms with Crippen molar-refractivity contribution in [1.29, 1.82) is 0 Å². The fraction of sp³-hybridized carbons (Fsp3) is 0.143. The highest BCUT2D eigenvalue weighted by Gasteiger charge is 2.03. The van der Waals surface area contributed by atoms with Crippen LogP contribution in [-0.4, -0.2) is 22.7 Å². The van der Waals surface area contributed by atoms with Crippen LogP contribution in [0.3, 0.4) is 0 Å². The van der Waals surface area contributed by atoms with E-state index < -0.39 is 5.97 Å². The van der Waals surface area contributed by atoms with Gasteiger partial charge in [-0.15, -0.1) is 0 Å². The lowest BCUT2D eigenvalue weighted by molar-refractivity contribution is -0.131. The molecule has 1 heterocycles. The number of carboxylic acids is 1. The molecule has 0 aliphatic rings. The van der Waals surface area contributed by atoms with Gasteiger partial charge in [0.25, 0.3) is 0 Å². The zero-order valence-corrected chi connectivity index (χ0v) is 9.96. The number of ether oxygens (including phenoxy) is 1. The fourth-order valence-electron chi connectivity index (χ4n) is 1.64. The topological polar surface area (TPSA) is 59.4 Å². The zero-order chi connectivity index (χ0) is 13.0. The number of carbonyl (C=O) groups is 1. The standard InChI is InChI=1S/C14H13NO3/c1-10(8-13(16)17)9-18-12-6-2-4-11-5-3-7-15-14(11)12/h2-8H,9H2,1H3,(H,16,17). The van der Waals surface area contributed by atoms with Crippen LogP contribution in [0.15, 0.2) is 48.2 Å². The molecule has 4 nitrogen and oxygen atoms in total. The molecule has 0 spiro atoms. The van der Waals surface area contributed by atoms with Gasteiger partial charge in [0.2, 0.25) is 0 Å². The Morgan fingerprint density at radius 3 is 2.94 bits per heavy atom. The van der Waals surface area contributed by atoms with Crippen LogP contribution in [0.4, 0.5) is 0 Å². The molecule has 0 aliphatic carbocycles.